The van der Waals surface area contributed by atoms with Gasteiger partial charge in [0.2, 0.25) is 5.56 Å². The summed E-state index contributed by atoms with van der Waals surface area (Å²) in [5, 5.41) is 38.9. The van der Waals surface area contributed by atoms with E-state index in [2.05, 4.69) is 10.3 Å². The number of thiophene rings is 1. The van der Waals surface area contributed by atoms with Crippen LogP contribution in [0.5, 0.6) is 11.5 Å². The van der Waals surface area contributed by atoms with Gasteiger partial charge < -0.3 is 35.3 Å². The van der Waals surface area contributed by atoms with Crippen LogP contribution in [-0.2, 0) is 10.2 Å². The Morgan fingerprint density at radius 1 is 0.980 bits per heavy atom. The Balaban J connectivity index is 0.993. The zero-order valence-electron chi connectivity index (χ0n) is 27.6. The number of aliphatic hydroxyl groups is 1. The number of phenolic OH excluding ortho intramolecular Hbond substituents is 1. The van der Waals surface area contributed by atoms with Gasteiger partial charge in [-0.25, -0.2) is 0 Å². The molecule has 5 N–H and O–H groups in total. The first-order valence-corrected chi connectivity index (χ1v) is 17.8. The van der Waals surface area contributed by atoms with Gasteiger partial charge in [-0.1, -0.05) is 36.4 Å². The van der Waals surface area contributed by atoms with Gasteiger partial charge in [0.05, 0.1) is 23.6 Å². The number of H-pyrrole nitrogens is 1. The number of amides is 1. The van der Waals surface area contributed by atoms with Gasteiger partial charge in [0.1, 0.15) is 11.5 Å². The molecule has 0 bridgehead atoms. The molecule has 5 aromatic rings. The van der Waals surface area contributed by atoms with Crippen LogP contribution in [0.4, 0.5) is 0 Å². The molecule has 1 amide bonds. The Morgan fingerprint density at radius 3 is 2.52 bits per heavy atom. The van der Waals surface area contributed by atoms with Crippen molar-refractivity contribution >= 4 is 34.1 Å². The minimum absolute atomic E-state index is 0.0392. The number of unbranched alkanes of at least 4 members (excludes halogenated alkanes) is 2. The van der Waals surface area contributed by atoms with E-state index in [4.69, 9.17) is 4.74 Å². The Morgan fingerprint density at radius 2 is 1.78 bits per heavy atom. The van der Waals surface area contributed by atoms with E-state index in [1.54, 1.807) is 34.4 Å². The molecule has 0 aliphatic carbocycles. The minimum Gasteiger partial charge on any atom is -0.506 e. The lowest BCUT2D eigenvalue weighted by Gasteiger charge is -2.39. The fourth-order valence-electron chi connectivity index (χ4n) is 6.70. The zero-order chi connectivity index (χ0) is 35.1. The summed E-state index contributed by atoms with van der Waals surface area (Å²) in [6.07, 6.45) is 2.52. The average Bonchev–Trinajstić information content (AvgIpc) is 3.68. The number of rotatable bonds is 14. The lowest BCUT2D eigenvalue weighted by atomic mass is 9.72. The van der Waals surface area contributed by atoms with Crippen molar-refractivity contribution in [1.29, 1.82) is 0 Å². The molecule has 0 radical (unpaired) electrons. The number of nitrogens with zero attached hydrogens (tertiary/aromatic N) is 1. The third-order valence-electron chi connectivity index (χ3n) is 9.56. The van der Waals surface area contributed by atoms with Gasteiger partial charge in [-0.15, -0.1) is 0 Å². The van der Waals surface area contributed by atoms with E-state index >= 15 is 0 Å². The van der Waals surface area contributed by atoms with Gasteiger partial charge in [-0.05, 0) is 102 Å². The summed E-state index contributed by atoms with van der Waals surface area (Å²) in [6, 6.07) is 22.9. The van der Waals surface area contributed by atoms with Gasteiger partial charge >= 0.3 is 5.97 Å². The molecule has 3 heterocycles. The number of aromatic nitrogens is 1. The Hall–Kier alpha value is -4.97. The Kier molecular flexibility index (Phi) is 11.0. The maximum Gasteiger partial charge on any atom is 0.314 e. The molecule has 260 valence electrons. The van der Waals surface area contributed by atoms with Gasteiger partial charge in [0.25, 0.3) is 5.91 Å². The van der Waals surface area contributed by atoms with E-state index in [0.717, 1.165) is 36.0 Å². The highest BCUT2D eigenvalue weighted by molar-refractivity contribution is 7.08. The standard InChI is InChI=1S/C39H41N3O7S/c43-32-12-10-29(30-11-14-35(45)41-36(30)32)33(44)24-40-18-5-2-6-21-49-34-13-9-26(23-31(34)27-15-22-50-25-27)37(46)42-19-16-39(17-20-42,38(47)48)28-7-3-1-4-8-28/h1,3-4,7-15,22-23,25,33,40,43-44H,2,5-6,16-21,24H2,(H,41,45)(H,47,48)/t33-/m0/s1. The van der Waals surface area contributed by atoms with Crippen LogP contribution in [0.25, 0.3) is 22.0 Å². The van der Waals surface area contributed by atoms with Gasteiger partial charge in [0.15, 0.2) is 0 Å². The largest absolute Gasteiger partial charge is 0.506 e. The first-order chi connectivity index (χ1) is 24.3. The molecule has 10 nitrogen and oxygen atoms in total. The Bertz CT molecular complexity index is 1990. The molecule has 11 heteroatoms. The maximum atomic E-state index is 13.6. The van der Waals surface area contributed by atoms with Crippen molar-refractivity contribution in [3.8, 4) is 22.6 Å². The number of phenols is 1. The number of pyridine rings is 1. The first-order valence-electron chi connectivity index (χ1n) is 16.9. The van der Waals surface area contributed by atoms with Gasteiger partial charge in [0, 0.05) is 42.2 Å². The van der Waals surface area contributed by atoms with Crippen LogP contribution in [-0.4, -0.2) is 69.9 Å². The van der Waals surface area contributed by atoms with Crippen molar-refractivity contribution in [2.24, 2.45) is 0 Å². The topological polar surface area (TPSA) is 152 Å². The first kappa shape index (κ1) is 34.9. The lowest BCUT2D eigenvalue weighted by Crippen LogP contribution is -2.49. The molecular weight excluding hydrogens is 655 g/mol. The second-order valence-electron chi connectivity index (χ2n) is 12.7. The second kappa shape index (κ2) is 15.7. The number of aromatic hydroxyl groups is 1. The number of piperidine rings is 1. The number of carboxylic acid groups (broad SMARTS) is 1. The number of hydrogen-bond acceptors (Lipinski definition) is 8. The third kappa shape index (κ3) is 7.60. The summed E-state index contributed by atoms with van der Waals surface area (Å²) >= 11 is 1.57. The van der Waals surface area contributed by atoms with Crippen LogP contribution in [0.15, 0.2) is 94.4 Å². The van der Waals surface area contributed by atoms with E-state index in [1.807, 2.05) is 59.3 Å². The van der Waals surface area contributed by atoms with Crippen molar-refractivity contribution in [3.63, 3.8) is 0 Å². The summed E-state index contributed by atoms with van der Waals surface area (Å²) in [4.78, 5) is 42.1. The summed E-state index contributed by atoms with van der Waals surface area (Å²) in [5.41, 5.74) is 2.76. The summed E-state index contributed by atoms with van der Waals surface area (Å²) in [6.45, 7) is 2.25. The van der Waals surface area contributed by atoms with Crippen molar-refractivity contribution in [3.05, 3.63) is 117 Å². The van der Waals surface area contributed by atoms with Crippen LogP contribution >= 0.6 is 11.3 Å². The number of likely N-dealkylation sites (tertiary alicyclic amines) is 1. The smallest absolute Gasteiger partial charge is 0.314 e. The van der Waals surface area contributed by atoms with Crippen LogP contribution in [0.2, 0.25) is 0 Å². The van der Waals surface area contributed by atoms with Crippen LogP contribution < -0.4 is 15.6 Å². The molecule has 1 saturated heterocycles. The summed E-state index contributed by atoms with van der Waals surface area (Å²) in [7, 11) is 0. The second-order valence-corrected chi connectivity index (χ2v) is 13.5. The fourth-order valence-corrected chi connectivity index (χ4v) is 7.35. The van der Waals surface area contributed by atoms with E-state index in [-0.39, 0.29) is 17.2 Å². The van der Waals surface area contributed by atoms with E-state index in [0.29, 0.717) is 73.4 Å². The normalized spacial score (nSPS) is 14.8. The fraction of sp³-hybridized carbons (Fsp3) is 0.308. The van der Waals surface area contributed by atoms with Gasteiger partial charge in [-0.2, -0.15) is 11.3 Å². The highest BCUT2D eigenvalue weighted by Crippen LogP contribution is 2.38. The van der Waals surface area contributed by atoms with Crippen LogP contribution in [0, 0.1) is 0 Å². The number of hydrogen-bond donors (Lipinski definition) is 5. The van der Waals surface area contributed by atoms with Crippen molar-refractivity contribution in [2.45, 2.75) is 43.6 Å². The highest BCUT2D eigenvalue weighted by atomic mass is 32.1. The van der Waals surface area contributed by atoms with E-state index in [1.165, 1.54) is 12.1 Å². The summed E-state index contributed by atoms with van der Waals surface area (Å²) < 4.78 is 6.21. The van der Waals surface area contributed by atoms with Crippen molar-refractivity contribution < 1.29 is 29.6 Å². The van der Waals surface area contributed by atoms with Gasteiger partial charge in [-0.3, -0.25) is 14.4 Å². The zero-order valence-corrected chi connectivity index (χ0v) is 28.5. The highest BCUT2D eigenvalue weighted by Gasteiger charge is 2.44. The molecule has 1 aliphatic rings. The number of aliphatic carboxylic acids is 1. The molecule has 6 rings (SSSR count). The maximum absolute atomic E-state index is 13.6. The SMILES string of the molecule is O=C(c1ccc(OCCCCCNC[C@H](O)c2ccc(O)c3[nH]c(=O)ccc23)c(-c2ccsc2)c1)N1CCC(C(=O)O)(c2ccccc2)CC1. The molecule has 0 saturated carbocycles. The van der Waals surface area contributed by atoms with Crippen LogP contribution in [0.1, 0.15) is 59.7 Å². The Labute approximate surface area is 294 Å². The van der Waals surface area contributed by atoms with E-state index < -0.39 is 17.5 Å². The van der Waals surface area contributed by atoms with Crippen molar-refractivity contribution in [1.82, 2.24) is 15.2 Å². The number of nitrogens with one attached hydrogen (secondary N) is 2. The predicted molar refractivity (Wildman–Crippen MR) is 194 cm³/mol. The lowest BCUT2D eigenvalue weighted by molar-refractivity contribution is -0.145. The number of carbonyl (C=O) groups excluding carboxylic acids is 1. The van der Waals surface area contributed by atoms with E-state index in [9.17, 15) is 29.7 Å². The monoisotopic (exact) mass is 695 g/mol. The molecule has 1 fully saturated rings. The minimum atomic E-state index is -0.998. The number of carboxylic acids is 1. The number of benzene rings is 3. The van der Waals surface area contributed by atoms with Crippen molar-refractivity contribution in [2.75, 3.05) is 32.8 Å². The number of aromatic amines is 1. The molecule has 3 aromatic carbocycles. The third-order valence-corrected chi connectivity index (χ3v) is 10.2. The summed E-state index contributed by atoms with van der Waals surface area (Å²) in [5.74, 6) is -0.308. The van der Waals surface area contributed by atoms with Crippen LogP contribution in [0.3, 0.4) is 0 Å². The quantitative estimate of drug-likeness (QED) is 0.0876. The molecule has 1 aliphatic heterocycles. The number of aliphatic hydroxyl groups excluding tert-OH is 1. The molecule has 0 unspecified atom stereocenters. The number of ether oxygens (including phenoxy) is 1. The molecular formula is C39H41N3O7S. The number of carbonyl (C=O) groups is 2. The molecule has 2 aromatic heterocycles. The predicted octanol–water partition coefficient (Wildman–Crippen LogP) is 6.09. The molecule has 0 spiro atoms. The number of fused-ring (bicyclic) bond motifs is 1. The average molecular weight is 696 g/mol. The molecule has 50 heavy (non-hydrogen) atoms. The molecule has 1 atom stereocenters.